The predicted molar refractivity (Wildman–Crippen MR) is 170 cm³/mol. The van der Waals surface area contributed by atoms with Crippen LogP contribution in [0.15, 0.2) is 67.1 Å². The molecule has 0 bridgehead atoms. The summed E-state index contributed by atoms with van der Waals surface area (Å²) in [5, 5.41) is 5.17. The molecule has 4 heterocycles. The van der Waals surface area contributed by atoms with E-state index in [4.69, 9.17) is 24.4 Å². The number of pyridine rings is 1. The largest absolute Gasteiger partial charge is 0.467 e. The number of ether oxygens (including phenoxy) is 2. The molecule has 0 saturated carbocycles. The fourth-order valence-electron chi connectivity index (χ4n) is 4.85. The third-order valence-corrected chi connectivity index (χ3v) is 7.24. The quantitative estimate of drug-likeness (QED) is 0.266. The van der Waals surface area contributed by atoms with Crippen LogP contribution in [0.25, 0.3) is 33.5 Å². The molecular weight excluding hydrogens is 593 g/mol. The van der Waals surface area contributed by atoms with Gasteiger partial charge in [0.2, 0.25) is 0 Å². The molecule has 6 rings (SSSR count). The second kappa shape index (κ2) is 13.1. The van der Waals surface area contributed by atoms with E-state index in [1.807, 2.05) is 6.07 Å². The van der Waals surface area contributed by atoms with Crippen LogP contribution in [-0.2, 0) is 4.74 Å². The van der Waals surface area contributed by atoms with Gasteiger partial charge in [-0.25, -0.2) is 29.1 Å². The Morgan fingerprint density at radius 3 is 2.28 bits per heavy atom. The van der Waals surface area contributed by atoms with E-state index in [-0.39, 0.29) is 23.2 Å². The first-order valence-electron chi connectivity index (χ1n) is 14.4. The van der Waals surface area contributed by atoms with Gasteiger partial charge in [0.05, 0.1) is 31.5 Å². The van der Waals surface area contributed by atoms with E-state index in [1.54, 1.807) is 57.0 Å². The number of benzene rings is 2. The van der Waals surface area contributed by atoms with Gasteiger partial charge in [-0.15, -0.1) is 0 Å². The highest BCUT2D eigenvalue weighted by atomic mass is 19.1. The molecule has 3 aromatic heterocycles. The summed E-state index contributed by atoms with van der Waals surface area (Å²) in [5.74, 6) is 0.109. The first kappa shape index (κ1) is 30.3. The number of fused-ring (bicyclic) bond motifs is 1. The fourth-order valence-corrected chi connectivity index (χ4v) is 4.85. The van der Waals surface area contributed by atoms with Crippen molar-refractivity contribution in [2.45, 2.75) is 0 Å². The molecule has 1 aliphatic rings. The van der Waals surface area contributed by atoms with Crippen molar-refractivity contribution in [1.29, 1.82) is 0 Å². The minimum atomic E-state index is -0.722. The summed E-state index contributed by atoms with van der Waals surface area (Å²) >= 11 is 0. The summed E-state index contributed by atoms with van der Waals surface area (Å²) in [6, 6.07) is 12.4. The molecule has 2 N–H and O–H groups in total. The summed E-state index contributed by atoms with van der Waals surface area (Å²) in [4.78, 5) is 51.1. The summed E-state index contributed by atoms with van der Waals surface area (Å²) in [6.45, 7) is 2.47. The van der Waals surface area contributed by atoms with E-state index in [2.05, 4.69) is 25.5 Å². The predicted octanol–water partition coefficient (Wildman–Crippen LogP) is 4.48. The van der Waals surface area contributed by atoms with Crippen molar-refractivity contribution in [1.82, 2.24) is 29.8 Å². The number of rotatable bonds is 7. The molecule has 0 radical (unpaired) electrons. The van der Waals surface area contributed by atoms with Crippen LogP contribution in [0.1, 0.15) is 10.4 Å². The van der Waals surface area contributed by atoms with Gasteiger partial charge in [-0.3, -0.25) is 9.78 Å². The number of urea groups is 1. The minimum absolute atomic E-state index is 0.0567. The molecule has 5 aromatic rings. The maximum absolute atomic E-state index is 14.6. The lowest BCUT2D eigenvalue weighted by Crippen LogP contribution is -2.37. The normalized spacial score (nSPS) is 12.9. The summed E-state index contributed by atoms with van der Waals surface area (Å²) < 4.78 is 25.2. The van der Waals surface area contributed by atoms with Gasteiger partial charge >= 0.3 is 12.0 Å². The topological polar surface area (TPSA) is 148 Å². The van der Waals surface area contributed by atoms with Crippen LogP contribution in [0.2, 0.25) is 0 Å². The van der Waals surface area contributed by atoms with Crippen molar-refractivity contribution in [3.05, 3.63) is 78.5 Å². The number of methoxy groups -OCH3 is 1. The Bertz CT molecular complexity index is 1900. The lowest BCUT2D eigenvalue weighted by Gasteiger charge is -2.28. The molecule has 1 aliphatic heterocycles. The zero-order chi connectivity index (χ0) is 32.2. The highest BCUT2D eigenvalue weighted by Gasteiger charge is 2.20. The molecule has 14 heteroatoms. The number of hydrogen-bond donors (Lipinski definition) is 2. The molecule has 234 valence electrons. The molecule has 13 nitrogen and oxygen atoms in total. The van der Waals surface area contributed by atoms with Gasteiger partial charge in [0.25, 0.3) is 5.91 Å². The number of amides is 3. The number of carbonyl (C=O) groups is 2. The average molecular weight is 624 g/mol. The first-order valence-corrected chi connectivity index (χ1v) is 14.4. The molecule has 46 heavy (non-hydrogen) atoms. The summed E-state index contributed by atoms with van der Waals surface area (Å²) in [6.07, 6.45) is 5.07. The highest BCUT2D eigenvalue weighted by Crippen LogP contribution is 2.30. The van der Waals surface area contributed by atoms with E-state index in [1.165, 1.54) is 24.1 Å². The van der Waals surface area contributed by atoms with Crippen LogP contribution < -0.4 is 20.3 Å². The van der Waals surface area contributed by atoms with Crippen molar-refractivity contribution in [3.8, 4) is 28.5 Å². The number of hydrogen-bond acceptors (Lipinski definition) is 10. The fraction of sp³-hybridized carbons (Fsp3) is 0.219. The van der Waals surface area contributed by atoms with Crippen molar-refractivity contribution >= 4 is 40.2 Å². The van der Waals surface area contributed by atoms with Gasteiger partial charge in [-0.1, -0.05) is 0 Å². The Balaban J connectivity index is 1.25. The maximum Gasteiger partial charge on any atom is 0.323 e. The van der Waals surface area contributed by atoms with E-state index < -0.39 is 11.8 Å². The van der Waals surface area contributed by atoms with Crippen LogP contribution in [0.4, 0.5) is 26.4 Å². The zero-order valence-corrected chi connectivity index (χ0v) is 25.3. The van der Waals surface area contributed by atoms with Gasteiger partial charge in [0.15, 0.2) is 11.6 Å². The van der Waals surface area contributed by atoms with Gasteiger partial charge in [-0.05, 0) is 48.5 Å². The van der Waals surface area contributed by atoms with Gasteiger partial charge in [0, 0.05) is 73.7 Å². The standard InChI is InChI=1S/C32H30FN9O4/c1-41(2)30(43)20-6-9-25(24(33)14-20)39-31(44)37-23-7-4-19(5-8-23)28-38-26-15-21(22-17-35-32(45-3)36-18-22)16-34-27(26)29(40-28)42-10-12-46-13-11-42/h4-9,14-18H,10-13H2,1-3H3,(H2,37,39,44). The van der Waals surface area contributed by atoms with Crippen LogP contribution in [-0.4, -0.2) is 89.3 Å². The van der Waals surface area contributed by atoms with Gasteiger partial charge < -0.3 is 29.9 Å². The third-order valence-electron chi connectivity index (χ3n) is 7.24. The third kappa shape index (κ3) is 6.51. The van der Waals surface area contributed by atoms with Crippen molar-refractivity contribution in [2.24, 2.45) is 0 Å². The lowest BCUT2D eigenvalue weighted by atomic mass is 10.1. The van der Waals surface area contributed by atoms with Gasteiger partial charge in [-0.2, -0.15) is 0 Å². The molecule has 0 atom stereocenters. The van der Waals surface area contributed by atoms with Crippen molar-refractivity contribution in [2.75, 3.05) is 63.0 Å². The van der Waals surface area contributed by atoms with Crippen LogP contribution >= 0.6 is 0 Å². The van der Waals surface area contributed by atoms with Crippen LogP contribution in [0.5, 0.6) is 6.01 Å². The Hall–Kier alpha value is -5.76. The second-order valence-electron chi connectivity index (χ2n) is 10.6. The van der Waals surface area contributed by atoms with Crippen LogP contribution in [0, 0.1) is 5.82 Å². The van der Waals surface area contributed by atoms with Gasteiger partial charge in [0.1, 0.15) is 11.3 Å². The number of nitrogens with one attached hydrogen (secondary N) is 2. The first-order chi connectivity index (χ1) is 22.3. The molecule has 2 aromatic carbocycles. The monoisotopic (exact) mass is 623 g/mol. The highest BCUT2D eigenvalue weighted by molar-refractivity contribution is 6.01. The Kier molecular flexibility index (Phi) is 8.61. The Labute approximate surface area is 263 Å². The summed E-state index contributed by atoms with van der Waals surface area (Å²) in [5.41, 5.74) is 4.15. The molecule has 1 saturated heterocycles. The Morgan fingerprint density at radius 2 is 1.61 bits per heavy atom. The summed E-state index contributed by atoms with van der Waals surface area (Å²) in [7, 11) is 4.66. The van der Waals surface area contributed by atoms with E-state index in [9.17, 15) is 14.0 Å². The maximum atomic E-state index is 14.6. The minimum Gasteiger partial charge on any atom is -0.467 e. The van der Waals surface area contributed by atoms with Crippen molar-refractivity contribution < 1.29 is 23.5 Å². The molecule has 1 fully saturated rings. The molecule has 0 aliphatic carbocycles. The number of anilines is 3. The molecule has 3 amide bonds. The second-order valence-corrected chi connectivity index (χ2v) is 10.6. The number of carbonyl (C=O) groups excluding carboxylic acids is 2. The van der Waals surface area contributed by atoms with E-state index in [0.717, 1.165) is 17.2 Å². The Morgan fingerprint density at radius 1 is 0.891 bits per heavy atom. The number of morpholine rings is 1. The average Bonchev–Trinajstić information content (AvgIpc) is 3.08. The number of aromatic nitrogens is 5. The SMILES string of the molecule is COc1ncc(-c2cnc3c(N4CCOCC4)nc(-c4ccc(NC(=O)Nc5ccc(C(=O)N(C)C)cc5F)cc4)nc3c2)cn1. The number of nitrogens with zero attached hydrogens (tertiary/aromatic N) is 7. The molecule has 0 spiro atoms. The molecular formula is C32H30FN9O4. The van der Waals surface area contributed by atoms with E-state index in [0.29, 0.717) is 60.2 Å². The lowest BCUT2D eigenvalue weighted by molar-refractivity contribution is 0.0827. The molecule has 0 unspecified atom stereocenters. The van der Waals surface area contributed by atoms with Crippen LogP contribution in [0.3, 0.4) is 0 Å². The van der Waals surface area contributed by atoms with E-state index >= 15 is 0 Å². The number of halogens is 1. The van der Waals surface area contributed by atoms with Crippen molar-refractivity contribution in [3.63, 3.8) is 0 Å². The smallest absolute Gasteiger partial charge is 0.323 e. The zero-order valence-electron chi connectivity index (χ0n) is 25.3.